The Hall–Kier alpha value is -1.50. The fraction of sp³-hybridized carbons (Fsp3) is 0. The van der Waals surface area contributed by atoms with Gasteiger partial charge >= 0.3 is 0 Å². The lowest BCUT2D eigenvalue weighted by Gasteiger charge is -1.92. The molecule has 1 aliphatic rings. The monoisotopic (exact) mass is 157 g/mol. The minimum Gasteiger partial charge on any atom is -0.468 e. The van der Waals surface area contributed by atoms with Crippen molar-refractivity contribution in [1.82, 2.24) is 0 Å². The lowest BCUT2D eigenvalue weighted by molar-refractivity contribution is 0.547. The van der Waals surface area contributed by atoms with E-state index in [2.05, 4.69) is 6.92 Å². The van der Waals surface area contributed by atoms with Crippen LogP contribution in [0.3, 0.4) is 0 Å². The Balaban J connectivity index is 2.57. The average Bonchev–Trinajstić information content (AvgIpc) is 2.31. The molecule has 0 unspecified atom stereocenters. The van der Waals surface area contributed by atoms with Crippen LogP contribution in [0.2, 0.25) is 0 Å². The van der Waals surface area contributed by atoms with E-state index in [0.717, 1.165) is 16.9 Å². The minimum absolute atomic E-state index is 0.723. The van der Waals surface area contributed by atoms with Crippen molar-refractivity contribution < 1.29 is 4.42 Å². The Bertz CT molecular complexity index is 364. The largest absolute Gasteiger partial charge is 0.468 e. The zero-order valence-electron chi connectivity index (χ0n) is 6.66. The first-order chi connectivity index (χ1) is 5.88. The molecular formula is C11H9O. The van der Waals surface area contributed by atoms with E-state index in [4.69, 9.17) is 4.42 Å². The maximum absolute atomic E-state index is 5.19. The van der Waals surface area contributed by atoms with Crippen molar-refractivity contribution in [3.05, 3.63) is 54.4 Å². The molecule has 1 radical (unpaired) electrons. The summed E-state index contributed by atoms with van der Waals surface area (Å²) in [4.78, 5) is 0. The van der Waals surface area contributed by atoms with Crippen molar-refractivity contribution in [2.75, 3.05) is 0 Å². The van der Waals surface area contributed by atoms with Gasteiger partial charge in [-0.25, -0.2) is 0 Å². The summed E-state index contributed by atoms with van der Waals surface area (Å²) in [5, 5.41) is 0. The molecule has 0 amide bonds. The quantitative estimate of drug-likeness (QED) is 0.564. The third kappa shape index (κ3) is 1.14. The number of allylic oxidation sites excluding steroid dienone is 4. The molecular weight excluding hydrogens is 148 g/mol. The second-order valence-corrected chi connectivity index (χ2v) is 2.63. The predicted molar refractivity (Wildman–Crippen MR) is 50.4 cm³/mol. The topological polar surface area (TPSA) is 13.1 Å². The van der Waals surface area contributed by atoms with Crippen LogP contribution >= 0.6 is 0 Å². The van der Waals surface area contributed by atoms with E-state index in [9.17, 15) is 0 Å². The third-order valence-corrected chi connectivity index (χ3v) is 1.81. The lowest BCUT2D eigenvalue weighted by Crippen LogP contribution is -1.76. The fourth-order valence-electron chi connectivity index (χ4n) is 1.18. The highest BCUT2D eigenvalue weighted by molar-refractivity contribution is 5.69. The zero-order chi connectivity index (χ0) is 8.39. The normalized spacial score (nSPS) is 22.1. The summed E-state index contributed by atoms with van der Waals surface area (Å²) < 4.78 is 5.19. The maximum atomic E-state index is 5.19. The van der Waals surface area contributed by atoms with Crippen molar-refractivity contribution >= 4 is 12.2 Å². The van der Waals surface area contributed by atoms with Gasteiger partial charge in [-0.05, 0) is 0 Å². The summed E-state index contributed by atoms with van der Waals surface area (Å²) in [6.07, 6.45) is 13.7. The Morgan fingerprint density at radius 2 is 1.75 bits per heavy atom. The molecule has 1 aliphatic carbocycles. The van der Waals surface area contributed by atoms with Gasteiger partial charge in [0.05, 0.1) is 6.26 Å². The van der Waals surface area contributed by atoms with Crippen LogP contribution in [0, 0.1) is 6.92 Å². The van der Waals surface area contributed by atoms with Crippen LogP contribution in [0.4, 0.5) is 0 Å². The molecule has 0 saturated heterocycles. The van der Waals surface area contributed by atoms with Gasteiger partial charge in [0.25, 0.3) is 0 Å². The molecule has 1 heterocycles. The van der Waals surface area contributed by atoms with Crippen LogP contribution in [-0.4, -0.2) is 0 Å². The molecule has 59 valence electrons. The minimum atomic E-state index is 0.723. The highest BCUT2D eigenvalue weighted by atomic mass is 16.3. The lowest BCUT2D eigenvalue weighted by atomic mass is 10.1. The van der Waals surface area contributed by atoms with E-state index in [1.165, 1.54) is 0 Å². The SMILES string of the molecule is [CH2]c1occ2c1\C=C/C=C\C=C/2. The van der Waals surface area contributed by atoms with Gasteiger partial charge in [0.15, 0.2) is 0 Å². The van der Waals surface area contributed by atoms with Crippen molar-refractivity contribution in [3.8, 4) is 0 Å². The Labute approximate surface area is 71.7 Å². The van der Waals surface area contributed by atoms with E-state index in [0.29, 0.717) is 0 Å². The average molecular weight is 157 g/mol. The molecule has 0 saturated carbocycles. The second-order valence-electron chi connectivity index (χ2n) is 2.63. The molecule has 0 fully saturated rings. The molecule has 0 N–H and O–H groups in total. The molecule has 2 rings (SSSR count). The van der Waals surface area contributed by atoms with Gasteiger partial charge in [-0.2, -0.15) is 0 Å². The molecule has 0 bridgehead atoms. The van der Waals surface area contributed by atoms with E-state index in [-0.39, 0.29) is 0 Å². The molecule has 1 aromatic rings. The zero-order valence-corrected chi connectivity index (χ0v) is 6.66. The van der Waals surface area contributed by atoms with Crippen molar-refractivity contribution in [2.24, 2.45) is 0 Å². The summed E-state index contributed by atoms with van der Waals surface area (Å²) in [6.45, 7) is 3.79. The molecule has 1 heteroatoms. The molecule has 1 nitrogen and oxygen atoms in total. The number of fused-ring (bicyclic) bond motifs is 1. The van der Waals surface area contributed by atoms with E-state index in [1.54, 1.807) is 6.26 Å². The first kappa shape index (κ1) is 7.17. The van der Waals surface area contributed by atoms with Gasteiger partial charge in [-0.3, -0.25) is 0 Å². The van der Waals surface area contributed by atoms with Gasteiger partial charge in [-0.1, -0.05) is 36.5 Å². The Kier molecular flexibility index (Phi) is 1.71. The van der Waals surface area contributed by atoms with Crippen LogP contribution in [0.1, 0.15) is 16.9 Å². The van der Waals surface area contributed by atoms with Gasteiger partial charge in [0.1, 0.15) is 5.76 Å². The standard InChI is InChI=1S/C11H9O/c1-9-11-7-5-3-2-4-6-10(11)8-12-9/h2-8H,1H2/b3-2-,6-4-,7-5-. The summed E-state index contributed by atoms with van der Waals surface area (Å²) in [6, 6.07) is 0. The summed E-state index contributed by atoms with van der Waals surface area (Å²) in [7, 11) is 0. The van der Waals surface area contributed by atoms with E-state index in [1.807, 2.05) is 36.5 Å². The molecule has 0 aliphatic heterocycles. The number of hydrogen-bond acceptors (Lipinski definition) is 1. The van der Waals surface area contributed by atoms with E-state index < -0.39 is 0 Å². The van der Waals surface area contributed by atoms with Crippen LogP contribution < -0.4 is 0 Å². The highest BCUT2D eigenvalue weighted by Crippen LogP contribution is 2.20. The summed E-state index contributed by atoms with van der Waals surface area (Å²) in [5.41, 5.74) is 2.15. The molecule has 12 heavy (non-hydrogen) atoms. The first-order valence-electron chi connectivity index (χ1n) is 3.83. The van der Waals surface area contributed by atoms with E-state index >= 15 is 0 Å². The van der Waals surface area contributed by atoms with Crippen LogP contribution in [-0.2, 0) is 0 Å². The second kappa shape index (κ2) is 2.86. The molecule has 0 atom stereocenters. The van der Waals surface area contributed by atoms with Crippen molar-refractivity contribution in [1.29, 1.82) is 0 Å². The van der Waals surface area contributed by atoms with Crippen molar-refractivity contribution in [3.63, 3.8) is 0 Å². The molecule has 0 aromatic carbocycles. The van der Waals surface area contributed by atoms with Gasteiger partial charge in [0.2, 0.25) is 0 Å². The first-order valence-corrected chi connectivity index (χ1v) is 3.83. The van der Waals surface area contributed by atoms with Gasteiger partial charge < -0.3 is 4.42 Å². The Morgan fingerprint density at radius 3 is 2.58 bits per heavy atom. The third-order valence-electron chi connectivity index (χ3n) is 1.81. The van der Waals surface area contributed by atoms with Crippen LogP contribution in [0.25, 0.3) is 12.2 Å². The van der Waals surface area contributed by atoms with Crippen molar-refractivity contribution in [2.45, 2.75) is 0 Å². The van der Waals surface area contributed by atoms with Gasteiger partial charge in [0, 0.05) is 18.1 Å². The predicted octanol–water partition coefficient (Wildman–Crippen LogP) is 3.06. The van der Waals surface area contributed by atoms with Gasteiger partial charge in [-0.15, -0.1) is 0 Å². The smallest absolute Gasteiger partial charge is 0.112 e. The summed E-state index contributed by atoms with van der Waals surface area (Å²) >= 11 is 0. The maximum Gasteiger partial charge on any atom is 0.112 e. The molecule has 1 aromatic heterocycles. The van der Waals surface area contributed by atoms with Crippen LogP contribution in [0.15, 0.2) is 35.0 Å². The summed E-state index contributed by atoms with van der Waals surface area (Å²) in [5.74, 6) is 0.723. The number of hydrogen-bond donors (Lipinski definition) is 0. The number of furan rings is 1. The fourth-order valence-corrected chi connectivity index (χ4v) is 1.18. The molecule has 0 spiro atoms. The number of rotatable bonds is 0. The van der Waals surface area contributed by atoms with Crippen LogP contribution in [0.5, 0.6) is 0 Å². The Morgan fingerprint density at radius 1 is 1.00 bits per heavy atom. The highest BCUT2D eigenvalue weighted by Gasteiger charge is 2.04.